The molecule has 0 fully saturated rings. The Hall–Kier alpha value is -2.83. The molecule has 1 amide bonds. The maximum Gasteiger partial charge on any atom is 0.251 e. The molecular weight excluding hydrogens is 444 g/mol. The summed E-state index contributed by atoms with van der Waals surface area (Å²) in [5, 5.41) is 3.59. The van der Waals surface area contributed by atoms with E-state index in [-0.39, 0.29) is 12.5 Å². The fraction of sp³-hybridized carbons (Fsp3) is 0.240. The Morgan fingerprint density at radius 2 is 1.56 bits per heavy atom. The highest BCUT2D eigenvalue weighted by Gasteiger charge is 2.20. The maximum atomic E-state index is 12.5. The Kier molecular flexibility index (Phi) is 7.94. The first kappa shape index (κ1) is 23.8. The summed E-state index contributed by atoms with van der Waals surface area (Å²) in [7, 11) is -3.47. The molecule has 3 aromatic rings. The van der Waals surface area contributed by atoms with Gasteiger partial charge in [-0.25, -0.2) is 8.42 Å². The van der Waals surface area contributed by atoms with Crippen LogP contribution in [0, 0.1) is 0 Å². The first-order valence-corrected chi connectivity index (χ1v) is 12.7. The van der Waals surface area contributed by atoms with Crippen molar-refractivity contribution >= 4 is 33.2 Å². The third kappa shape index (κ3) is 6.34. The van der Waals surface area contributed by atoms with Gasteiger partial charge in [0, 0.05) is 17.1 Å². The molecule has 0 spiro atoms. The largest absolute Gasteiger partial charge is 0.352 e. The Balaban J connectivity index is 1.65. The Bertz CT molecular complexity index is 1160. The van der Waals surface area contributed by atoms with Gasteiger partial charge < -0.3 is 5.32 Å². The van der Waals surface area contributed by atoms with Gasteiger partial charge in [-0.1, -0.05) is 61.0 Å². The molecule has 7 heteroatoms. The van der Waals surface area contributed by atoms with Crippen molar-refractivity contribution in [1.29, 1.82) is 0 Å². The van der Waals surface area contributed by atoms with E-state index >= 15 is 0 Å². The highest BCUT2D eigenvalue weighted by Crippen LogP contribution is 2.25. The normalized spacial score (nSPS) is 11.2. The van der Waals surface area contributed by atoms with Crippen molar-refractivity contribution in [3.05, 3.63) is 100 Å². The molecular formula is C25H27ClN2O3S. The summed E-state index contributed by atoms with van der Waals surface area (Å²) in [6.07, 6.45) is 2.65. The van der Waals surface area contributed by atoms with E-state index < -0.39 is 10.0 Å². The number of sulfonamides is 1. The van der Waals surface area contributed by atoms with Crippen molar-refractivity contribution < 1.29 is 13.2 Å². The lowest BCUT2D eigenvalue weighted by atomic mass is 10.1. The molecule has 0 unspecified atom stereocenters. The molecule has 1 N–H and O–H groups in total. The van der Waals surface area contributed by atoms with Crippen LogP contribution in [-0.4, -0.2) is 27.1 Å². The number of para-hydroxylation sites is 1. The van der Waals surface area contributed by atoms with E-state index in [1.54, 1.807) is 24.3 Å². The van der Waals surface area contributed by atoms with Gasteiger partial charge >= 0.3 is 0 Å². The SMILES string of the molecule is CCc1ccccc1N(Cc1ccc(C(=O)NCCc2ccc(Cl)cc2)cc1)S(C)(=O)=O. The topological polar surface area (TPSA) is 66.5 Å². The number of carbonyl (C=O) groups is 1. The molecule has 32 heavy (non-hydrogen) atoms. The van der Waals surface area contributed by atoms with Gasteiger partial charge in [0.25, 0.3) is 5.91 Å². The molecule has 0 heterocycles. The van der Waals surface area contributed by atoms with Gasteiger partial charge in [0.15, 0.2) is 0 Å². The number of hydrogen-bond acceptors (Lipinski definition) is 3. The molecule has 0 saturated carbocycles. The number of halogens is 1. The van der Waals surface area contributed by atoms with Gasteiger partial charge in [0.05, 0.1) is 18.5 Å². The van der Waals surface area contributed by atoms with Crippen molar-refractivity contribution in [3.63, 3.8) is 0 Å². The van der Waals surface area contributed by atoms with Gasteiger partial charge in [-0.3, -0.25) is 9.10 Å². The molecule has 0 saturated heterocycles. The van der Waals surface area contributed by atoms with E-state index in [9.17, 15) is 13.2 Å². The predicted molar refractivity (Wildman–Crippen MR) is 131 cm³/mol. The fourth-order valence-corrected chi connectivity index (χ4v) is 4.48. The summed E-state index contributed by atoms with van der Waals surface area (Å²) in [5.41, 5.74) is 4.08. The van der Waals surface area contributed by atoms with Crippen LogP contribution >= 0.6 is 11.6 Å². The van der Waals surface area contributed by atoms with Gasteiger partial charge in [-0.05, 0) is 59.9 Å². The molecule has 0 radical (unpaired) electrons. The first-order valence-electron chi connectivity index (χ1n) is 10.4. The zero-order valence-electron chi connectivity index (χ0n) is 18.2. The third-order valence-electron chi connectivity index (χ3n) is 5.20. The van der Waals surface area contributed by atoms with Crippen LogP contribution in [0.5, 0.6) is 0 Å². The third-order valence-corrected chi connectivity index (χ3v) is 6.57. The van der Waals surface area contributed by atoms with Crippen LogP contribution in [0.15, 0.2) is 72.8 Å². The maximum absolute atomic E-state index is 12.5. The summed E-state index contributed by atoms with van der Waals surface area (Å²) >= 11 is 5.89. The minimum absolute atomic E-state index is 0.165. The van der Waals surface area contributed by atoms with Crippen molar-refractivity contribution in [2.45, 2.75) is 26.3 Å². The zero-order valence-corrected chi connectivity index (χ0v) is 19.8. The number of nitrogens with zero attached hydrogens (tertiary/aromatic N) is 1. The van der Waals surface area contributed by atoms with Gasteiger partial charge in [0.2, 0.25) is 10.0 Å². The van der Waals surface area contributed by atoms with Crippen LogP contribution < -0.4 is 9.62 Å². The Morgan fingerprint density at radius 3 is 2.19 bits per heavy atom. The highest BCUT2D eigenvalue weighted by molar-refractivity contribution is 7.92. The van der Waals surface area contributed by atoms with Crippen LogP contribution in [0.4, 0.5) is 5.69 Å². The summed E-state index contributed by atoms with van der Waals surface area (Å²) in [5.74, 6) is -0.165. The van der Waals surface area contributed by atoms with Crippen LogP contribution in [0.1, 0.15) is 34.0 Å². The minimum Gasteiger partial charge on any atom is -0.352 e. The highest BCUT2D eigenvalue weighted by atomic mass is 35.5. The van der Waals surface area contributed by atoms with Gasteiger partial charge in [-0.2, -0.15) is 0 Å². The minimum atomic E-state index is -3.47. The van der Waals surface area contributed by atoms with Gasteiger partial charge in [0.1, 0.15) is 0 Å². The molecule has 5 nitrogen and oxygen atoms in total. The summed E-state index contributed by atoms with van der Waals surface area (Å²) in [6.45, 7) is 2.71. The number of amides is 1. The van der Waals surface area contributed by atoms with Crippen molar-refractivity contribution in [2.75, 3.05) is 17.1 Å². The Morgan fingerprint density at radius 1 is 0.938 bits per heavy atom. The van der Waals surface area contributed by atoms with E-state index in [0.29, 0.717) is 29.2 Å². The molecule has 0 atom stereocenters. The van der Waals surface area contributed by atoms with E-state index in [0.717, 1.165) is 23.1 Å². The number of anilines is 1. The molecule has 0 aromatic heterocycles. The van der Waals surface area contributed by atoms with Gasteiger partial charge in [-0.15, -0.1) is 0 Å². The average molecular weight is 471 g/mol. The standard InChI is InChI=1S/C25H27ClN2O3S/c1-3-21-6-4-5-7-24(21)28(32(2,30)31)18-20-8-12-22(13-9-20)25(29)27-17-16-19-10-14-23(26)15-11-19/h4-15H,3,16-18H2,1-2H3,(H,27,29). The molecule has 3 aromatic carbocycles. The lowest BCUT2D eigenvalue weighted by Crippen LogP contribution is -2.30. The predicted octanol–water partition coefficient (Wildman–Crippen LogP) is 4.84. The molecule has 0 bridgehead atoms. The molecule has 3 rings (SSSR count). The monoisotopic (exact) mass is 470 g/mol. The average Bonchev–Trinajstić information content (AvgIpc) is 2.78. The second-order valence-corrected chi connectivity index (χ2v) is 9.92. The lowest BCUT2D eigenvalue weighted by molar-refractivity contribution is 0.0954. The second-order valence-electron chi connectivity index (χ2n) is 7.58. The smallest absolute Gasteiger partial charge is 0.251 e. The number of aryl methyl sites for hydroxylation is 1. The number of hydrogen-bond donors (Lipinski definition) is 1. The van der Waals surface area contributed by atoms with Crippen molar-refractivity contribution in [1.82, 2.24) is 5.32 Å². The quantitative estimate of drug-likeness (QED) is 0.486. The summed E-state index contributed by atoms with van der Waals surface area (Å²) < 4.78 is 26.4. The van der Waals surface area contributed by atoms with Crippen LogP contribution in [0.3, 0.4) is 0 Å². The Labute approximate surface area is 195 Å². The molecule has 168 valence electrons. The molecule has 0 aliphatic rings. The fourth-order valence-electron chi connectivity index (χ4n) is 3.44. The van der Waals surface area contributed by atoms with E-state index in [1.165, 1.54) is 10.6 Å². The van der Waals surface area contributed by atoms with E-state index in [2.05, 4.69) is 5.32 Å². The van der Waals surface area contributed by atoms with Crippen LogP contribution in [0.2, 0.25) is 5.02 Å². The van der Waals surface area contributed by atoms with Crippen molar-refractivity contribution in [3.8, 4) is 0 Å². The summed E-state index contributed by atoms with van der Waals surface area (Å²) in [4.78, 5) is 12.4. The number of rotatable bonds is 9. The lowest BCUT2D eigenvalue weighted by Gasteiger charge is -2.25. The van der Waals surface area contributed by atoms with Crippen molar-refractivity contribution in [2.24, 2.45) is 0 Å². The summed E-state index contributed by atoms with van der Waals surface area (Å²) in [6, 6.07) is 22.1. The second kappa shape index (κ2) is 10.7. The first-order chi connectivity index (χ1) is 15.3. The number of nitrogens with one attached hydrogen (secondary N) is 1. The van der Waals surface area contributed by atoms with E-state index in [4.69, 9.17) is 11.6 Å². The molecule has 0 aliphatic heterocycles. The van der Waals surface area contributed by atoms with E-state index in [1.807, 2.05) is 55.5 Å². The van der Waals surface area contributed by atoms with Crippen LogP contribution in [-0.2, 0) is 29.4 Å². The van der Waals surface area contributed by atoms with Crippen LogP contribution in [0.25, 0.3) is 0 Å². The number of carbonyl (C=O) groups excluding carboxylic acids is 1. The molecule has 0 aliphatic carbocycles. The number of benzene rings is 3. The zero-order chi connectivity index (χ0) is 23.1.